The van der Waals surface area contributed by atoms with Crippen LogP contribution in [0.2, 0.25) is 0 Å². The summed E-state index contributed by atoms with van der Waals surface area (Å²) in [7, 11) is 0. The molecule has 0 radical (unpaired) electrons. The van der Waals surface area contributed by atoms with Crippen molar-refractivity contribution in [3.05, 3.63) is 36.3 Å². The topological polar surface area (TPSA) is 65.4 Å². The van der Waals surface area contributed by atoms with E-state index >= 15 is 0 Å². The number of hydrogen-bond acceptors (Lipinski definition) is 4. The Labute approximate surface area is 164 Å². The molecular weight excluding hydrogens is 361 g/mol. The smallest absolute Gasteiger partial charge is 0.251 e. The molecule has 0 unspecified atom stereocenters. The molecule has 28 heavy (non-hydrogen) atoms. The van der Waals surface area contributed by atoms with E-state index in [1.165, 1.54) is 0 Å². The van der Waals surface area contributed by atoms with Crippen molar-refractivity contribution in [2.75, 3.05) is 19.9 Å². The summed E-state index contributed by atoms with van der Waals surface area (Å²) >= 11 is 0. The van der Waals surface area contributed by atoms with Crippen LogP contribution in [-0.2, 0) is 11.3 Å². The van der Waals surface area contributed by atoms with Crippen LogP contribution in [0.5, 0.6) is 5.75 Å². The van der Waals surface area contributed by atoms with Gasteiger partial charge in [0.25, 0.3) is 5.91 Å². The first-order valence-electron chi connectivity index (χ1n) is 10.0. The Morgan fingerprint density at radius 2 is 2.18 bits per heavy atom. The molecule has 150 valence electrons. The van der Waals surface area contributed by atoms with Gasteiger partial charge < -0.3 is 19.4 Å². The average Bonchev–Trinajstić information content (AvgIpc) is 3.11. The Balaban J connectivity index is 1.38. The highest BCUT2D eigenvalue weighted by atomic mass is 19.1. The molecule has 0 spiro atoms. The van der Waals surface area contributed by atoms with Gasteiger partial charge in [0, 0.05) is 23.8 Å². The molecule has 2 heterocycles. The lowest BCUT2D eigenvalue weighted by Crippen LogP contribution is -2.39. The molecule has 1 N–H and O–H groups in total. The molecular formula is C21H26FN3O3. The van der Waals surface area contributed by atoms with Gasteiger partial charge in [-0.25, -0.2) is 4.98 Å². The van der Waals surface area contributed by atoms with Crippen LogP contribution >= 0.6 is 0 Å². The summed E-state index contributed by atoms with van der Waals surface area (Å²) in [4.78, 5) is 17.0. The number of nitrogens with zero attached hydrogens (tertiary/aromatic N) is 2. The van der Waals surface area contributed by atoms with Crippen LogP contribution in [0.4, 0.5) is 4.39 Å². The maximum atomic E-state index is 12.8. The second kappa shape index (κ2) is 8.73. The molecule has 0 bridgehead atoms. The lowest BCUT2D eigenvalue weighted by molar-refractivity contribution is 0.0192. The third-order valence-corrected chi connectivity index (χ3v) is 5.46. The number of ether oxygens (including phenoxy) is 2. The van der Waals surface area contributed by atoms with E-state index in [4.69, 9.17) is 9.47 Å². The van der Waals surface area contributed by atoms with Crippen molar-refractivity contribution < 1.29 is 18.7 Å². The second-order valence-corrected chi connectivity index (χ2v) is 7.39. The van der Waals surface area contributed by atoms with E-state index in [1.54, 1.807) is 12.5 Å². The maximum Gasteiger partial charge on any atom is 0.251 e. The zero-order chi connectivity index (χ0) is 19.3. The van der Waals surface area contributed by atoms with Gasteiger partial charge in [-0.3, -0.25) is 9.18 Å². The predicted octanol–water partition coefficient (Wildman–Crippen LogP) is 3.36. The number of halogens is 1. The third-order valence-electron chi connectivity index (χ3n) is 5.46. The normalized spacial score (nSPS) is 21.2. The first-order valence-corrected chi connectivity index (χ1v) is 10.0. The van der Waals surface area contributed by atoms with Gasteiger partial charge in [-0.2, -0.15) is 0 Å². The quantitative estimate of drug-likeness (QED) is 0.772. The van der Waals surface area contributed by atoms with E-state index in [-0.39, 0.29) is 24.7 Å². The van der Waals surface area contributed by atoms with Gasteiger partial charge in [0.1, 0.15) is 12.4 Å². The van der Waals surface area contributed by atoms with E-state index in [1.807, 2.05) is 22.8 Å². The van der Waals surface area contributed by atoms with Gasteiger partial charge in [0.15, 0.2) is 0 Å². The van der Waals surface area contributed by atoms with Crippen LogP contribution in [0.15, 0.2) is 30.7 Å². The van der Waals surface area contributed by atoms with Crippen molar-refractivity contribution in [3.63, 3.8) is 0 Å². The SMILES string of the molecule is O=C(NC1CCC(OCCCF)CC1)c1ccc2c(c1)-c1cncn1CCO2. The number of carbonyl (C=O) groups is 1. The van der Waals surface area contributed by atoms with Crippen molar-refractivity contribution >= 4 is 5.91 Å². The van der Waals surface area contributed by atoms with E-state index in [2.05, 4.69) is 10.3 Å². The summed E-state index contributed by atoms with van der Waals surface area (Å²) in [5.41, 5.74) is 2.49. The van der Waals surface area contributed by atoms with E-state index in [0.717, 1.165) is 49.2 Å². The molecule has 1 aromatic carbocycles. The van der Waals surface area contributed by atoms with Crippen molar-refractivity contribution in [3.8, 4) is 17.0 Å². The largest absolute Gasteiger partial charge is 0.491 e. The Morgan fingerprint density at radius 3 is 3.00 bits per heavy atom. The molecule has 1 aliphatic heterocycles. The summed E-state index contributed by atoms with van der Waals surface area (Å²) in [6.07, 6.45) is 7.79. The van der Waals surface area contributed by atoms with Crippen molar-refractivity contribution in [1.29, 1.82) is 0 Å². The van der Waals surface area contributed by atoms with Crippen LogP contribution < -0.4 is 10.1 Å². The van der Waals surface area contributed by atoms with Crippen molar-refractivity contribution in [2.45, 2.75) is 50.8 Å². The summed E-state index contributed by atoms with van der Waals surface area (Å²) in [6.45, 7) is 1.46. The Morgan fingerprint density at radius 1 is 1.32 bits per heavy atom. The number of imidazole rings is 1. The lowest BCUT2D eigenvalue weighted by Gasteiger charge is -2.29. The van der Waals surface area contributed by atoms with Gasteiger partial charge in [-0.15, -0.1) is 0 Å². The van der Waals surface area contributed by atoms with Gasteiger partial charge in [0.05, 0.1) is 37.5 Å². The van der Waals surface area contributed by atoms with E-state index < -0.39 is 0 Å². The number of benzene rings is 1. The number of rotatable bonds is 6. The van der Waals surface area contributed by atoms with Crippen LogP contribution in [0.3, 0.4) is 0 Å². The molecule has 1 fully saturated rings. The number of alkyl halides is 1. The summed E-state index contributed by atoms with van der Waals surface area (Å²) in [5, 5.41) is 3.15. The number of hydrogen-bond donors (Lipinski definition) is 1. The Bertz CT molecular complexity index is 815. The van der Waals surface area contributed by atoms with Crippen LogP contribution in [-0.4, -0.2) is 47.5 Å². The van der Waals surface area contributed by atoms with Crippen LogP contribution in [0, 0.1) is 0 Å². The highest BCUT2D eigenvalue weighted by Gasteiger charge is 2.24. The maximum absolute atomic E-state index is 12.8. The molecule has 4 rings (SSSR count). The standard InChI is InChI=1S/C21H26FN3O3/c22-8-1-10-27-17-5-3-16(4-6-17)24-21(26)15-2-7-20-18(12-15)19-13-23-14-25(19)9-11-28-20/h2,7,12-14,16-17H,1,3-6,8-11H2,(H,24,26). The molecule has 6 nitrogen and oxygen atoms in total. The Hall–Kier alpha value is -2.41. The van der Waals surface area contributed by atoms with Gasteiger partial charge in [-0.05, 0) is 50.3 Å². The summed E-state index contributed by atoms with van der Waals surface area (Å²) < 4.78 is 25.7. The molecule has 7 heteroatoms. The highest BCUT2D eigenvalue weighted by Crippen LogP contribution is 2.33. The molecule has 1 aliphatic carbocycles. The van der Waals surface area contributed by atoms with Gasteiger partial charge in [-0.1, -0.05) is 0 Å². The van der Waals surface area contributed by atoms with Crippen molar-refractivity contribution in [2.24, 2.45) is 0 Å². The zero-order valence-corrected chi connectivity index (χ0v) is 15.9. The fraction of sp³-hybridized carbons (Fsp3) is 0.524. The molecule has 1 saturated carbocycles. The summed E-state index contributed by atoms with van der Waals surface area (Å²) in [5.74, 6) is 0.710. The Kier molecular flexibility index (Phi) is 5.90. The number of fused-ring (bicyclic) bond motifs is 3. The molecule has 0 saturated heterocycles. The summed E-state index contributed by atoms with van der Waals surface area (Å²) in [6, 6.07) is 5.71. The minimum Gasteiger partial charge on any atom is -0.491 e. The highest BCUT2D eigenvalue weighted by molar-refractivity contribution is 5.96. The lowest BCUT2D eigenvalue weighted by atomic mass is 9.92. The molecule has 1 aromatic heterocycles. The zero-order valence-electron chi connectivity index (χ0n) is 15.9. The monoisotopic (exact) mass is 387 g/mol. The third kappa shape index (κ3) is 4.19. The molecule has 2 aromatic rings. The average molecular weight is 387 g/mol. The van der Waals surface area contributed by atoms with E-state index in [9.17, 15) is 9.18 Å². The molecule has 1 amide bonds. The molecule has 2 aliphatic rings. The minimum absolute atomic E-state index is 0.0695. The van der Waals surface area contributed by atoms with E-state index in [0.29, 0.717) is 25.2 Å². The van der Waals surface area contributed by atoms with Crippen molar-refractivity contribution in [1.82, 2.24) is 14.9 Å². The fourth-order valence-electron chi connectivity index (χ4n) is 3.92. The van der Waals surface area contributed by atoms with Crippen LogP contribution in [0.25, 0.3) is 11.3 Å². The predicted molar refractivity (Wildman–Crippen MR) is 103 cm³/mol. The first-order chi connectivity index (χ1) is 13.7. The number of nitrogens with one attached hydrogen (secondary N) is 1. The minimum atomic E-state index is -0.335. The second-order valence-electron chi connectivity index (χ2n) is 7.39. The van der Waals surface area contributed by atoms with Crippen LogP contribution in [0.1, 0.15) is 42.5 Å². The van der Waals surface area contributed by atoms with Gasteiger partial charge >= 0.3 is 0 Å². The first kappa shape index (κ1) is 18.9. The van der Waals surface area contributed by atoms with Gasteiger partial charge in [0.2, 0.25) is 0 Å². The fourth-order valence-corrected chi connectivity index (χ4v) is 3.92. The number of amides is 1. The number of aromatic nitrogens is 2. The molecule has 0 atom stereocenters. The number of carbonyl (C=O) groups excluding carboxylic acids is 1.